The molecule has 2 rings (SSSR count). The lowest BCUT2D eigenvalue weighted by Gasteiger charge is -2.43. The molecule has 1 fully saturated rings. The number of allylic oxidation sites excluding steroid dienone is 2. The van der Waals surface area contributed by atoms with Crippen molar-refractivity contribution in [1.82, 2.24) is 15.2 Å². The summed E-state index contributed by atoms with van der Waals surface area (Å²) in [5.74, 6) is -4.89. The molecule has 0 saturated carbocycles. The van der Waals surface area contributed by atoms with Gasteiger partial charge in [-0.1, -0.05) is 19.1 Å². The van der Waals surface area contributed by atoms with E-state index >= 15 is 0 Å². The van der Waals surface area contributed by atoms with Crippen LogP contribution < -0.4 is 5.32 Å². The van der Waals surface area contributed by atoms with Crippen molar-refractivity contribution in [1.29, 1.82) is 10.8 Å². The van der Waals surface area contributed by atoms with Gasteiger partial charge in [0.15, 0.2) is 0 Å². The molecule has 1 aromatic rings. The number of likely N-dealkylation sites (tertiary alicyclic amines) is 1. The number of piperidine rings is 1. The second-order valence-electron chi connectivity index (χ2n) is 7.67. The van der Waals surface area contributed by atoms with Crippen molar-refractivity contribution < 1.29 is 26.7 Å². The third-order valence-corrected chi connectivity index (χ3v) is 5.15. The highest BCUT2D eigenvalue weighted by Gasteiger charge is 2.46. The van der Waals surface area contributed by atoms with Gasteiger partial charge in [0.05, 0.1) is 24.5 Å². The summed E-state index contributed by atoms with van der Waals surface area (Å²) < 4.78 is 66.6. The van der Waals surface area contributed by atoms with Gasteiger partial charge in [0.25, 0.3) is 11.8 Å². The number of nitrogens with one attached hydrogen (secondary N) is 3. The van der Waals surface area contributed by atoms with E-state index in [9.17, 15) is 26.7 Å². The van der Waals surface area contributed by atoms with Crippen molar-refractivity contribution in [3.8, 4) is 0 Å². The molecule has 180 valence electrons. The molecule has 33 heavy (non-hydrogen) atoms. The Balaban J connectivity index is 2.11. The molecule has 2 unspecified atom stereocenters. The van der Waals surface area contributed by atoms with Gasteiger partial charge in [0, 0.05) is 31.4 Å². The van der Waals surface area contributed by atoms with Crippen LogP contribution in [0.25, 0.3) is 0 Å². The highest BCUT2D eigenvalue weighted by Crippen LogP contribution is 2.34. The van der Waals surface area contributed by atoms with Crippen LogP contribution >= 0.6 is 0 Å². The largest absolute Gasteiger partial charge is 0.417 e. The molecule has 7 nitrogen and oxygen atoms in total. The molecular weight excluding hydrogens is 447 g/mol. The summed E-state index contributed by atoms with van der Waals surface area (Å²) in [5.41, 5.74) is -2.14. The van der Waals surface area contributed by atoms with Crippen LogP contribution in [0.1, 0.15) is 26.0 Å². The molecule has 1 aromatic heterocycles. The van der Waals surface area contributed by atoms with E-state index in [2.05, 4.69) is 15.3 Å². The average molecular weight is 472 g/mol. The lowest BCUT2D eigenvalue weighted by Crippen LogP contribution is -2.60. The molecule has 1 aliphatic rings. The maximum absolute atomic E-state index is 14.2. The Morgan fingerprint density at radius 2 is 2.06 bits per heavy atom. The molecule has 0 spiro atoms. The molecule has 2 heterocycles. The molecular formula is C21H25F5N6O. The number of hydrogen-bond donors (Lipinski definition) is 3. The zero-order valence-corrected chi connectivity index (χ0v) is 18.1. The van der Waals surface area contributed by atoms with E-state index in [-0.39, 0.29) is 18.9 Å². The predicted octanol–water partition coefficient (Wildman–Crippen LogP) is 3.47. The normalized spacial score (nSPS) is 21.3. The van der Waals surface area contributed by atoms with E-state index < -0.39 is 59.9 Å². The van der Waals surface area contributed by atoms with Gasteiger partial charge in [0.2, 0.25) is 0 Å². The first-order valence-corrected chi connectivity index (χ1v) is 10.1. The minimum Gasteiger partial charge on any atom is -0.327 e. The van der Waals surface area contributed by atoms with Gasteiger partial charge in [-0.3, -0.25) is 30.9 Å². The monoisotopic (exact) mass is 472 g/mol. The Morgan fingerprint density at radius 3 is 2.64 bits per heavy atom. The van der Waals surface area contributed by atoms with E-state index in [1.54, 1.807) is 12.1 Å². The summed E-state index contributed by atoms with van der Waals surface area (Å²) in [7, 11) is 0. The van der Waals surface area contributed by atoms with Gasteiger partial charge in [-0.25, -0.2) is 8.78 Å². The van der Waals surface area contributed by atoms with E-state index in [4.69, 9.17) is 10.8 Å². The molecule has 0 radical (unpaired) electrons. The molecule has 0 aromatic carbocycles. The van der Waals surface area contributed by atoms with E-state index in [1.165, 1.54) is 26.1 Å². The Kier molecular flexibility index (Phi) is 8.53. The second kappa shape index (κ2) is 10.7. The zero-order valence-electron chi connectivity index (χ0n) is 18.1. The average Bonchev–Trinajstić information content (AvgIpc) is 2.74. The number of carbonyl (C=O) groups is 1. The van der Waals surface area contributed by atoms with Crippen LogP contribution in [0.3, 0.4) is 0 Å². The fourth-order valence-electron chi connectivity index (χ4n) is 3.50. The smallest absolute Gasteiger partial charge is 0.327 e. The molecule has 0 bridgehead atoms. The van der Waals surface area contributed by atoms with Gasteiger partial charge in [0.1, 0.15) is 11.4 Å². The Bertz CT molecular complexity index is 929. The fourth-order valence-corrected chi connectivity index (χ4v) is 3.50. The van der Waals surface area contributed by atoms with Crippen LogP contribution in [0.4, 0.5) is 22.0 Å². The molecule has 3 N–H and O–H groups in total. The van der Waals surface area contributed by atoms with E-state index in [0.29, 0.717) is 6.21 Å². The van der Waals surface area contributed by atoms with Crippen LogP contribution in [-0.2, 0) is 4.79 Å². The highest BCUT2D eigenvalue weighted by atomic mass is 19.4. The zero-order chi connectivity index (χ0) is 24.8. The Hall–Kier alpha value is -3.02. The summed E-state index contributed by atoms with van der Waals surface area (Å²) in [6, 6.07) is 3.81. The number of hydrogen-bond acceptors (Lipinski definition) is 6. The molecule has 1 amide bonds. The number of aliphatic imine (C=N–C) groups is 1. The first-order chi connectivity index (χ1) is 15.4. The number of pyridine rings is 1. The number of alkyl halides is 5. The van der Waals surface area contributed by atoms with E-state index in [1.807, 2.05) is 0 Å². The maximum atomic E-state index is 14.2. The highest BCUT2D eigenvalue weighted by molar-refractivity contribution is 6.68. The maximum Gasteiger partial charge on any atom is 0.417 e. The first kappa shape index (κ1) is 26.2. The van der Waals surface area contributed by atoms with Crippen LogP contribution in [0.15, 0.2) is 41.0 Å². The predicted molar refractivity (Wildman–Crippen MR) is 114 cm³/mol. The van der Waals surface area contributed by atoms with Crippen molar-refractivity contribution in [3.63, 3.8) is 0 Å². The summed E-state index contributed by atoms with van der Waals surface area (Å²) in [4.78, 5) is 21.3. The number of rotatable bonds is 8. The fraction of sp³-hybridized carbons (Fsp3) is 0.476. The summed E-state index contributed by atoms with van der Waals surface area (Å²) in [6.45, 7) is 1.57. The Labute approximate surface area is 187 Å². The van der Waals surface area contributed by atoms with Gasteiger partial charge < -0.3 is 4.90 Å². The van der Waals surface area contributed by atoms with Gasteiger partial charge >= 0.3 is 6.18 Å². The quantitative estimate of drug-likeness (QED) is 0.307. The molecule has 1 aliphatic heterocycles. The number of nitrogens with zero attached hydrogens (tertiary/aromatic N) is 3. The summed E-state index contributed by atoms with van der Waals surface area (Å²) in [5, 5.41) is 18.9. The molecule has 1 saturated heterocycles. The number of halogens is 5. The van der Waals surface area contributed by atoms with Crippen LogP contribution in [0, 0.1) is 16.7 Å². The van der Waals surface area contributed by atoms with Crippen molar-refractivity contribution in [3.05, 3.63) is 41.7 Å². The minimum atomic E-state index is -4.54. The van der Waals surface area contributed by atoms with Crippen molar-refractivity contribution in [2.24, 2.45) is 10.9 Å². The van der Waals surface area contributed by atoms with Crippen molar-refractivity contribution in [2.75, 3.05) is 19.8 Å². The second-order valence-corrected chi connectivity index (χ2v) is 7.67. The van der Waals surface area contributed by atoms with Gasteiger partial charge in [-0.05, 0) is 25.0 Å². The van der Waals surface area contributed by atoms with Crippen LogP contribution in [0.5, 0.6) is 0 Å². The third kappa shape index (κ3) is 6.98. The van der Waals surface area contributed by atoms with Crippen LogP contribution in [0.2, 0.25) is 0 Å². The lowest BCUT2D eigenvalue weighted by atomic mass is 9.88. The van der Waals surface area contributed by atoms with Crippen molar-refractivity contribution >= 4 is 23.5 Å². The molecule has 0 aliphatic carbocycles. The number of carbonyl (C=O) groups excluding carboxylic acids is 1. The third-order valence-electron chi connectivity index (χ3n) is 5.15. The summed E-state index contributed by atoms with van der Waals surface area (Å²) in [6.07, 6.45) is -2.11. The standard InChI is InChI=1S/C21H25F5N6O/c1-3-14(21(24,25)26)9-29-12-30-10-16-13(2)8-20(22,23)11-32(16)19(33)18(28)17(27)15-6-4-5-7-31-15/h3-7,9,13,16,27-28,30H,8,10-12H2,1-2H3/b14-3+,27-17?,28-18?,29-9-. The number of amides is 1. The lowest BCUT2D eigenvalue weighted by molar-refractivity contribution is -0.145. The Morgan fingerprint density at radius 1 is 1.36 bits per heavy atom. The van der Waals surface area contributed by atoms with Crippen molar-refractivity contribution in [2.45, 2.75) is 38.4 Å². The number of aromatic nitrogens is 1. The van der Waals surface area contributed by atoms with E-state index in [0.717, 1.165) is 11.0 Å². The first-order valence-electron chi connectivity index (χ1n) is 10.1. The van der Waals surface area contributed by atoms with Crippen LogP contribution in [-0.4, -0.2) is 71.3 Å². The minimum absolute atomic E-state index is 0.0261. The van der Waals surface area contributed by atoms with Gasteiger partial charge in [-0.2, -0.15) is 13.2 Å². The topological polar surface area (TPSA) is 105 Å². The van der Waals surface area contributed by atoms with Gasteiger partial charge in [-0.15, -0.1) is 0 Å². The molecule has 2 atom stereocenters. The molecule has 12 heteroatoms. The summed E-state index contributed by atoms with van der Waals surface area (Å²) >= 11 is 0. The SMILES string of the molecule is C/C=C(\C=N/CNCC1C(C)CC(F)(F)CN1C(=O)C(=N)C(=N)c1ccccn1)C(F)(F)F.